The second-order valence-electron chi connectivity index (χ2n) is 10.3. The van der Waals surface area contributed by atoms with Crippen LogP contribution in [0.25, 0.3) is 0 Å². The minimum absolute atomic E-state index is 0.152. The number of carbonyl (C=O) groups is 1. The zero-order valence-corrected chi connectivity index (χ0v) is 20.9. The van der Waals surface area contributed by atoms with Crippen LogP contribution < -0.4 is 4.90 Å². The first kappa shape index (κ1) is 24.3. The van der Waals surface area contributed by atoms with Crippen LogP contribution >= 0.6 is 0 Å². The molecular weight excluding hydrogens is 410 g/mol. The number of benzene rings is 1. The van der Waals surface area contributed by atoms with E-state index in [0.717, 1.165) is 31.7 Å². The fourth-order valence-corrected chi connectivity index (χ4v) is 5.74. The average Bonchev–Trinajstić information content (AvgIpc) is 2.87. The summed E-state index contributed by atoms with van der Waals surface area (Å²) in [5.41, 5.74) is 4.93. The predicted octanol–water partition coefficient (Wildman–Crippen LogP) is 4.93. The number of carbonyl (C=O) groups excluding carboxylic acids is 1. The third kappa shape index (κ3) is 5.99. The van der Waals surface area contributed by atoms with Gasteiger partial charge < -0.3 is 14.5 Å². The van der Waals surface area contributed by atoms with Crippen LogP contribution in [-0.4, -0.2) is 74.7 Å². The molecule has 1 aliphatic carbocycles. The van der Waals surface area contributed by atoms with Gasteiger partial charge in [-0.3, -0.25) is 9.69 Å². The van der Waals surface area contributed by atoms with Crippen LogP contribution in [0.2, 0.25) is 0 Å². The summed E-state index contributed by atoms with van der Waals surface area (Å²) in [6, 6.07) is 6.57. The lowest BCUT2D eigenvalue weighted by Crippen LogP contribution is -2.47. The maximum atomic E-state index is 13.2. The van der Waals surface area contributed by atoms with Gasteiger partial charge in [0.2, 0.25) is 0 Å². The molecule has 3 aliphatic rings. The van der Waals surface area contributed by atoms with Crippen LogP contribution in [0.15, 0.2) is 30.4 Å². The fourth-order valence-electron chi connectivity index (χ4n) is 5.74. The highest BCUT2D eigenvalue weighted by molar-refractivity contribution is 5.95. The van der Waals surface area contributed by atoms with E-state index >= 15 is 0 Å². The van der Waals surface area contributed by atoms with E-state index in [1.165, 1.54) is 61.9 Å². The van der Waals surface area contributed by atoms with Crippen molar-refractivity contribution in [2.24, 2.45) is 5.92 Å². The number of rotatable bonds is 7. The molecule has 0 N–H and O–H groups in total. The highest BCUT2D eigenvalue weighted by Crippen LogP contribution is 2.42. The Bertz CT molecular complexity index is 801. The summed E-state index contributed by atoms with van der Waals surface area (Å²) in [5.74, 6) is 1.41. The van der Waals surface area contributed by atoms with Crippen LogP contribution in [-0.2, 0) is 4.74 Å². The molecule has 1 aromatic rings. The molecule has 1 amide bonds. The van der Waals surface area contributed by atoms with Crippen molar-refractivity contribution in [3.63, 3.8) is 0 Å². The average molecular weight is 454 g/mol. The molecule has 2 heterocycles. The molecule has 1 saturated carbocycles. The number of hydrogen-bond donors (Lipinski definition) is 0. The van der Waals surface area contributed by atoms with Gasteiger partial charge in [-0.25, -0.2) is 0 Å². The number of morpholine rings is 1. The number of nitrogens with zero attached hydrogens (tertiary/aromatic N) is 3. The summed E-state index contributed by atoms with van der Waals surface area (Å²) in [6.07, 6.45) is 7.44. The summed E-state index contributed by atoms with van der Waals surface area (Å²) in [4.78, 5) is 20.3. The van der Waals surface area contributed by atoms with Crippen LogP contribution in [0.5, 0.6) is 0 Å². The molecular formula is C28H43N3O2. The lowest BCUT2D eigenvalue weighted by atomic mass is 9.76. The number of unbranched alkanes of at least 4 members (excludes halogenated alkanes) is 1. The zero-order chi connectivity index (χ0) is 23.2. The number of anilines is 1. The maximum absolute atomic E-state index is 13.2. The molecule has 5 nitrogen and oxygen atoms in total. The summed E-state index contributed by atoms with van der Waals surface area (Å²) in [5, 5.41) is 0. The first-order valence-electron chi connectivity index (χ1n) is 13.2. The molecule has 0 spiro atoms. The van der Waals surface area contributed by atoms with Gasteiger partial charge >= 0.3 is 0 Å². The number of hydrogen-bond acceptors (Lipinski definition) is 4. The molecule has 0 bridgehead atoms. The third-order valence-corrected chi connectivity index (χ3v) is 7.98. The molecule has 0 radical (unpaired) electrons. The molecule has 3 fully saturated rings. The van der Waals surface area contributed by atoms with Crippen molar-refractivity contribution in [3.05, 3.63) is 41.5 Å². The summed E-state index contributed by atoms with van der Waals surface area (Å²) in [7, 11) is 0. The summed E-state index contributed by atoms with van der Waals surface area (Å²) in [6.45, 7) is 16.9. The van der Waals surface area contributed by atoms with Crippen molar-refractivity contribution < 1.29 is 9.53 Å². The molecule has 1 aromatic carbocycles. The Morgan fingerprint density at radius 2 is 1.73 bits per heavy atom. The van der Waals surface area contributed by atoms with Crippen molar-refractivity contribution in [2.45, 2.75) is 58.3 Å². The number of amides is 1. The van der Waals surface area contributed by atoms with Gasteiger partial charge in [0.1, 0.15) is 0 Å². The van der Waals surface area contributed by atoms with Crippen molar-refractivity contribution >= 4 is 11.6 Å². The Balaban J connectivity index is 1.54. The van der Waals surface area contributed by atoms with E-state index in [0.29, 0.717) is 38.1 Å². The topological polar surface area (TPSA) is 36.0 Å². The highest BCUT2D eigenvalue weighted by Gasteiger charge is 2.28. The fraction of sp³-hybridized carbons (Fsp3) is 0.679. The van der Waals surface area contributed by atoms with Crippen LogP contribution in [0.1, 0.15) is 74.2 Å². The van der Waals surface area contributed by atoms with Crippen molar-refractivity contribution in [2.75, 3.05) is 63.9 Å². The van der Waals surface area contributed by atoms with Gasteiger partial charge in [0, 0.05) is 50.5 Å². The summed E-state index contributed by atoms with van der Waals surface area (Å²) >= 11 is 0. The van der Waals surface area contributed by atoms with Gasteiger partial charge in [-0.1, -0.05) is 31.6 Å². The summed E-state index contributed by atoms with van der Waals surface area (Å²) < 4.78 is 5.45. The molecule has 33 heavy (non-hydrogen) atoms. The van der Waals surface area contributed by atoms with Crippen molar-refractivity contribution in [1.82, 2.24) is 9.80 Å². The first-order chi connectivity index (χ1) is 16.1. The van der Waals surface area contributed by atoms with Crippen LogP contribution in [0, 0.1) is 5.92 Å². The van der Waals surface area contributed by atoms with Crippen LogP contribution in [0.4, 0.5) is 5.69 Å². The van der Waals surface area contributed by atoms with Gasteiger partial charge in [-0.15, -0.1) is 0 Å². The van der Waals surface area contributed by atoms with Crippen molar-refractivity contribution in [3.8, 4) is 0 Å². The Morgan fingerprint density at radius 3 is 2.36 bits per heavy atom. The molecule has 5 heteroatoms. The van der Waals surface area contributed by atoms with E-state index < -0.39 is 0 Å². The van der Waals surface area contributed by atoms with E-state index in [-0.39, 0.29) is 5.91 Å². The SMILES string of the molecule is C=C(C)C1CCC(c2ccc(C(=O)N3CCOCC3)cc2N2CCN(CCCC)CC2)CC1. The Kier molecular flexibility index (Phi) is 8.48. The van der Waals surface area contributed by atoms with E-state index in [1.54, 1.807) is 0 Å². The lowest BCUT2D eigenvalue weighted by molar-refractivity contribution is 0.0303. The smallest absolute Gasteiger partial charge is 0.254 e. The van der Waals surface area contributed by atoms with Gasteiger partial charge in [0.15, 0.2) is 0 Å². The Labute approximate surface area is 200 Å². The molecule has 0 aromatic heterocycles. The number of ether oxygens (including phenoxy) is 1. The van der Waals surface area contributed by atoms with E-state index in [4.69, 9.17) is 4.74 Å². The monoisotopic (exact) mass is 453 g/mol. The third-order valence-electron chi connectivity index (χ3n) is 7.98. The van der Waals surface area contributed by atoms with E-state index in [2.05, 4.69) is 48.4 Å². The van der Waals surface area contributed by atoms with Gasteiger partial charge in [0.25, 0.3) is 5.91 Å². The normalized spacial score (nSPS) is 24.7. The predicted molar refractivity (Wildman–Crippen MR) is 136 cm³/mol. The standard InChI is InChI=1S/C28H43N3O2/c1-4-5-12-29-13-15-30(16-14-29)27-21-25(28(32)31-17-19-33-20-18-31)10-11-26(27)24-8-6-23(7-9-24)22(2)3/h10-11,21,23-24H,2,4-9,12-20H2,1,3H3. The first-order valence-corrected chi connectivity index (χ1v) is 13.2. The quantitative estimate of drug-likeness (QED) is 0.549. The molecule has 2 saturated heterocycles. The number of allylic oxidation sites excluding steroid dienone is 1. The van der Waals surface area contributed by atoms with Crippen molar-refractivity contribution in [1.29, 1.82) is 0 Å². The number of piperazine rings is 1. The minimum atomic E-state index is 0.152. The lowest BCUT2D eigenvalue weighted by Gasteiger charge is -2.39. The van der Waals surface area contributed by atoms with E-state index in [9.17, 15) is 4.79 Å². The van der Waals surface area contributed by atoms with Gasteiger partial charge in [-0.2, -0.15) is 0 Å². The molecule has 2 aliphatic heterocycles. The largest absolute Gasteiger partial charge is 0.378 e. The maximum Gasteiger partial charge on any atom is 0.254 e. The molecule has 0 atom stereocenters. The molecule has 182 valence electrons. The molecule has 0 unspecified atom stereocenters. The molecule has 4 rings (SSSR count). The zero-order valence-electron chi connectivity index (χ0n) is 20.9. The second-order valence-corrected chi connectivity index (χ2v) is 10.3. The Hall–Kier alpha value is -1.85. The highest BCUT2D eigenvalue weighted by atomic mass is 16.5. The van der Waals surface area contributed by atoms with E-state index in [1.807, 2.05) is 4.90 Å². The Morgan fingerprint density at radius 1 is 1.03 bits per heavy atom. The second kappa shape index (κ2) is 11.5. The van der Waals surface area contributed by atoms with Crippen LogP contribution in [0.3, 0.4) is 0 Å². The minimum Gasteiger partial charge on any atom is -0.378 e. The van der Waals surface area contributed by atoms with Gasteiger partial charge in [-0.05, 0) is 75.1 Å². The van der Waals surface area contributed by atoms with Gasteiger partial charge in [0.05, 0.1) is 13.2 Å².